The van der Waals surface area contributed by atoms with Crippen molar-refractivity contribution in [1.29, 1.82) is 0 Å². The maximum Gasteiger partial charge on any atom is 0.270 e. The van der Waals surface area contributed by atoms with E-state index in [0.717, 1.165) is 17.3 Å². The highest BCUT2D eigenvalue weighted by molar-refractivity contribution is 7.99. The summed E-state index contributed by atoms with van der Waals surface area (Å²) in [4.78, 5) is 38.7. The van der Waals surface area contributed by atoms with Crippen molar-refractivity contribution >= 4 is 29.3 Å². The van der Waals surface area contributed by atoms with Gasteiger partial charge in [0.1, 0.15) is 0 Å². The van der Waals surface area contributed by atoms with E-state index in [1.54, 1.807) is 6.20 Å². The zero-order valence-corrected chi connectivity index (χ0v) is 17.1. The van der Waals surface area contributed by atoms with Crippen molar-refractivity contribution in [3.05, 3.63) is 81.7 Å². The minimum absolute atomic E-state index is 0.0249. The molecule has 30 heavy (non-hydrogen) atoms. The summed E-state index contributed by atoms with van der Waals surface area (Å²) in [5, 5.41) is 11.4. The number of hydrazine groups is 1. The molecule has 9 nitrogen and oxygen atoms in total. The third-order valence-electron chi connectivity index (χ3n) is 4.34. The van der Waals surface area contributed by atoms with Gasteiger partial charge in [-0.15, -0.1) is 0 Å². The van der Waals surface area contributed by atoms with E-state index in [9.17, 15) is 19.7 Å². The summed E-state index contributed by atoms with van der Waals surface area (Å²) in [7, 11) is 0. The summed E-state index contributed by atoms with van der Waals surface area (Å²) >= 11 is 1.22. The Labute approximate surface area is 176 Å². The van der Waals surface area contributed by atoms with Crippen molar-refractivity contribution in [1.82, 2.24) is 20.4 Å². The lowest BCUT2D eigenvalue weighted by Gasteiger charge is -2.10. The number of rotatable bonds is 6. The first-order chi connectivity index (χ1) is 14.3. The van der Waals surface area contributed by atoms with Gasteiger partial charge in [0.15, 0.2) is 5.16 Å². The highest BCUT2D eigenvalue weighted by Crippen LogP contribution is 2.22. The quantitative estimate of drug-likeness (QED) is 0.356. The van der Waals surface area contributed by atoms with Crippen LogP contribution in [0.25, 0.3) is 5.69 Å². The number of thioether (sulfide) groups is 1. The van der Waals surface area contributed by atoms with Crippen LogP contribution in [0, 0.1) is 24.0 Å². The predicted octanol–water partition coefficient (Wildman–Crippen LogP) is 2.95. The van der Waals surface area contributed by atoms with Crippen LogP contribution < -0.4 is 10.9 Å². The van der Waals surface area contributed by atoms with Crippen LogP contribution in [0.5, 0.6) is 0 Å². The van der Waals surface area contributed by atoms with Gasteiger partial charge in [-0.1, -0.05) is 23.9 Å². The molecule has 0 saturated carbocycles. The zero-order chi connectivity index (χ0) is 21.7. The largest absolute Gasteiger partial charge is 0.295 e. The van der Waals surface area contributed by atoms with Crippen LogP contribution in [0.4, 0.5) is 5.69 Å². The van der Waals surface area contributed by atoms with E-state index in [0.29, 0.717) is 5.16 Å². The number of nitrogens with zero attached hydrogens (tertiary/aromatic N) is 3. The normalized spacial score (nSPS) is 10.5. The Balaban J connectivity index is 1.56. The Morgan fingerprint density at radius 3 is 2.67 bits per heavy atom. The molecule has 0 aliphatic heterocycles. The van der Waals surface area contributed by atoms with Crippen molar-refractivity contribution < 1.29 is 14.5 Å². The number of aromatic nitrogens is 2. The van der Waals surface area contributed by atoms with E-state index in [4.69, 9.17) is 0 Å². The third-order valence-corrected chi connectivity index (χ3v) is 5.31. The maximum absolute atomic E-state index is 12.1. The SMILES string of the molecule is Cc1ccc(-n2ccnc2SCC(=O)NNC(=O)c2cccc([N+](=O)[O-])c2)cc1C. The van der Waals surface area contributed by atoms with Gasteiger partial charge in [-0.3, -0.25) is 35.1 Å². The fourth-order valence-electron chi connectivity index (χ4n) is 2.59. The number of non-ortho nitro benzene ring substituents is 1. The van der Waals surface area contributed by atoms with Crippen molar-refractivity contribution in [2.24, 2.45) is 0 Å². The second-order valence-electron chi connectivity index (χ2n) is 6.45. The summed E-state index contributed by atoms with van der Waals surface area (Å²) in [6.07, 6.45) is 3.47. The molecular formula is C20H19N5O4S. The number of carbonyl (C=O) groups is 2. The molecule has 0 bridgehead atoms. The van der Waals surface area contributed by atoms with Gasteiger partial charge in [-0.25, -0.2) is 4.98 Å². The van der Waals surface area contributed by atoms with Crippen molar-refractivity contribution in [2.45, 2.75) is 19.0 Å². The van der Waals surface area contributed by atoms with E-state index in [1.807, 2.05) is 42.8 Å². The number of hydrogen-bond donors (Lipinski definition) is 2. The summed E-state index contributed by atoms with van der Waals surface area (Å²) in [6.45, 7) is 4.06. The minimum atomic E-state index is -0.645. The molecule has 3 aromatic rings. The Morgan fingerprint density at radius 1 is 1.13 bits per heavy atom. The molecule has 2 aromatic carbocycles. The molecule has 0 aliphatic rings. The molecule has 154 valence electrons. The molecule has 0 radical (unpaired) electrons. The summed E-state index contributed by atoms with van der Waals surface area (Å²) in [5.41, 5.74) is 7.70. The summed E-state index contributed by atoms with van der Waals surface area (Å²) in [6, 6.07) is 11.3. The highest BCUT2D eigenvalue weighted by Gasteiger charge is 2.13. The molecule has 1 aromatic heterocycles. The van der Waals surface area contributed by atoms with Crippen molar-refractivity contribution in [3.8, 4) is 5.69 Å². The fourth-order valence-corrected chi connectivity index (χ4v) is 3.37. The van der Waals surface area contributed by atoms with Crippen LogP contribution in [0.15, 0.2) is 60.0 Å². The smallest absolute Gasteiger partial charge is 0.270 e. The van der Waals surface area contributed by atoms with Gasteiger partial charge in [0.25, 0.3) is 11.6 Å². The fraction of sp³-hybridized carbons (Fsp3) is 0.150. The molecule has 0 spiro atoms. The number of hydrogen-bond acceptors (Lipinski definition) is 6. The Bertz CT molecular complexity index is 1110. The molecule has 0 saturated heterocycles. The second-order valence-corrected chi connectivity index (χ2v) is 7.39. The minimum Gasteiger partial charge on any atom is -0.295 e. The average Bonchev–Trinajstić information content (AvgIpc) is 3.21. The van der Waals surface area contributed by atoms with E-state index in [2.05, 4.69) is 15.8 Å². The first-order valence-corrected chi connectivity index (χ1v) is 9.91. The number of benzene rings is 2. The van der Waals surface area contributed by atoms with Crippen LogP contribution in [0.3, 0.4) is 0 Å². The van der Waals surface area contributed by atoms with Crippen LogP contribution in [0.2, 0.25) is 0 Å². The number of nitrogens with one attached hydrogen (secondary N) is 2. The van der Waals surface area contributed by atoms with E-state index in [1.165, 1.54) is 35.5 Å². The van der Waals surface area contributed by atoms with Gasteiger partial charge in [0.2, 0.25) is 5.91 Å². The Hall–Kier alpha value is -3.66. The van der Waals surface area contributed by atoms with Crippen LogP contribution in [-0.2, 0) is 4.79 Å². The molecule has 3 rings (SSSR count). The van der Waals surface area contributed by atoms with Gasteiger partial charge >= 0.3 is 0 Å². The lowest BCUT2D eigenvalue weighted by atomic mass is 10.1. The summed E-state index contributed by atoms with van der Waals surface area (Å²) in [5.74, 6) is -1.06. The number of amides is 2. The van der Waals surface area contributed by atoms with Gasteiger partial charge < -0.3 is 0 Å². The second kappa shape index (κ2) is 9.23. The topological polar surface area (TPSA) is 119 Å². The van der Waals surface area contributed by atoms with Gasteiger partial charge in [0, 0.05) is 35.8 Å². The molecule has 0 aliphatic carbocycles. The molecular weight excluding hydrogens is 406 g/mol. The first-order valence-electron chi connectivity index (χ1n) is 8.92. The Morgan fingerprint density at radius 2 is 1.93 bits per heavy atom. The summed E-state index contributed by atoms with van der Waals surface area (Å²) < 4.78 is 1.88. The van der Waals surface area contributed by atoms with Gasteiger partial charge in [-0.2, -0.15) is 0 Å². The number of nitro groups is 1. The number of aryl methyl sites for hydroxylation is 2. The predicted molar refractivity (Wildman–Crippen MR) is 112 cm³/mol. The van der Waals surface area contributed by atoms with E-state index >= 15 is 0 Å². The molecule has 1 heterocycles. The van der Waals surface area contributed by atoms with Gasteiger partial charge in [0.05, 0.1) is 10.7 Å². The monoisotopic (exact) mass is 425 g/mol. The third kappa shape index (κ3) is 5.03. The molecule has 2 N–H and O–H groups in total. The van der Waals surface area contributed by atoms with Crippen LogP contribution >= 0.6 is 11.8 Å². The molecule has 0 fully saturated rings. The van der Waals surface area contributed by atoms with Crippen molar-refractivity contribution in [3.63, 3.8) is 0 Å². The number of imidazole rings is 1. The van der Waals surface area contributed by atoms with E-state index < -0.39 is 16.7 Å². The molecule has 2 amide bonds. The average molecular weight is 425 g/mol. The molecule has 10 heteroatoms. The number of carbonyl (C=O) groups excluding carboxylic acids is 2. The lowest BCUT2D eigenvalue weighted by Crippen LogP contribution is -2.42. The standard InChI is InChI=1S/C20H19N5O4S/c1-13-6-7-16(10-14(13)2)24-9-8-21-20(24)30-12-18(26)22-23-19(27)15-4-3-5-17(11-15)25(28)29/h3-11H,12H2,1-2H3,(H,22,26)(H,23,27). The maximum atomic E-state index is 12.1. The zero-order valence-electron chi connectivity index (χ0n) is 16.3. The molecule has 0 atom stereocenters. The number of nitro benzene ring substituents is 1. The highest BCUT2D eigenvalue weighted by atomic mass is 32.2. The lowest BCUT2D eigenvalue weighted by molar-refractivity contribution is -0.384. The van der Waals surface area contributed by atoms with E-state index in [-0.39, 0.29) is 17.0 Å². The van der Waals surface area contributed by atoms with Gasteiger partial charge in [-0.05, 0) is 43.2 Å². The van der Waals surface area contributed by atoms with Crippen LogP contribution in [0.1, 0.15) is 21.5 Å². The molecule has 0 unspecified atom stereocenters. The van der Waals surface area contributed by atoms with Crippen molar-refractivity contribution in [2.75, 3.05) is 5.75 Å². The van der Waals surface area contributed by atoms with Crippen LogP contribution in [-0.4, -0.2) is 32.0 Å². The Kier molecular flexibility index (Phi) is 6.48. The first kappa shape index (κ1) is 21.1.